The van der Waals surface area contributed by atoms with E-state index in [9.17, 15) is 14.7 Å². The third-order valence-corrected chi connectivity index (χ3v) is 2.96. The maximum Gasteiger partial charge on any atom is 0.337 e. The van der Waals surface area contributed by atoms with Crippen LogP contribution in [0.1, 0.15) is 23.7 Å². The minimum absolute atomic E-state index is 0.0141. The fourth-order valence-corrected chi connectivity index (χ4v) is 1.93. The molecule has 0 aliphatic rings. The molecule has 6 nitrogen and oxygen atoms in total. The predicted molar refractivity (Wildman–Crippen MR) is 76.9 cm³/mol. The SMILES string of the molecule is COCC(C)CC(=O)N(C)c1ccc(N)cc1C(=O)O. The van der Waals surface area contributed by atoms with Gasteiger partial charge in [-0.25, -0.2) is 4.79 Å². The van der Waals surface area contributed by atoms with Gasteiger partial charge in [-0.3, -0.25) is 4.79 Å². The molecule has 0 aromatic heterocycles. The summed E-state index contributed by atoms with van der Waals surface area (Å²) in [4.78, 5) is 24.7. The van der Waals surface area contributed by atoms with Gasteiger partial charge in [-0.15, -0.1) is 0 Å². The molecule has 1 amide bonds. The maximum absolute atomic E-state index is 12.1. The van der Waals surface area contributed by atoms with E-state index in [2.05, 4.69) is 0 Å². The number of benzene rings is 1. The van der Waals surface area contributed by atoms with E-state index in [-0.39, 0.29) is 23.8 Å². The highest BCUT2D eigenvalue weighted by Crippen LogP contribution is 2.23. The first-order chi connectivity index (χ1) is 9.36. The van der Waals surface area contributed by atoms with E-state index >= 15 is 0 Å². The van der Waals surface area contributed by atoms with E-state index < -0.39 is 5.97 Å². The molecule has 0 aliphatic carbocycles. The van der Waals surface area contributed by atoms with Crippen molar-refractivity contribution in [1.82, 2.24) is 0 Å². The van der Waals surface area contributed by atoms with Crippen LogP contribution in [0.5, 0.6) is 0 Å². The lowest BCUT2D eigenvalue weighted by atomic mass is 10.1. The molecule has 110 valence electrons. The topological polar surface area (TPSA) is 92.9 Å². The molecule has 0 fully saturated rings. The second-order valence-corrected chi connectivity index (χ2v) is 4.80. The number of carboxylic acid groups (broad SMARTS) is 1. The number of amides is 1. The lowest BCUT2D eigenvalue weighted by Crippen LogP contribution is -2.30. The molecule has 0 aliphatic heterocycles. The normalized spacial score (nSPS) is 11.9. The molecule has 0 heterocycles. The largest absolute Gasteiger partial charge is 0.478 e. The van der Waals surface area contributed by atoms with Crippen molar-refractivity contribution >= 4 is 23.3 Å². The van der Waals surface area contributed by atoms with E-state index in [1.807, 2.05) is 6.92 Å². The smallest absolute Gasteiger partial charge is 0.337 e. The molecule has 1 unspecified atom stereocenters. The number of nitrogens with zero attached hydrogens (tertiary/aromatic N) is 1. The Bertz CT molecular complexity index is 502. The minimum Gasteiger partial charge on any atom is -0.478 e. The molecule has 1 aromatic carbocycles. The number of methoxy groups -OCH3 is 1. The van der Waals surface area contributed by atoms with Crippen molar-refractivity contribution in [2.24, 2.45) is 5.92 Å². The Balaban J connectivity index is 2.94. The van der Waals surface area contributed by atoms with Gasteiger partial charge in [0, 0.05) is 32.9 Å². The van der Waals surface area contributed by atoms with Crippen LogP contribution in [0, 0.1) is 5.92 Å². The standard InChI is InChI=1S/C14H20N2O4/c1-9(8-20-3)6-13(17)16(2)12-5-4-10(15)7-11(12)14(18)19/h4-5,7,9H,6,8,15H2,1-3H3,(H,18,19). The zero-order chi connectivity index (χ0) is 15.3. The number of nitrogen functional groups attached to an aromatic ring is 1. The van der Waals surface area contributed by atoms with E-state index in [4.69, 9.17) is 10.5 Å². The van der Waals surface area contributed by atoms with Gasteiger partial charge >= 0.3 is 5.97 Å². The molecule has 1 rings (SSSR count). The average molecular weight is 280 g/mol. The summed E-state index contributed by atoms with van der Waals surface area (Å²) >= 11 is 0. The second kappa shape index (κ2) is 6.91. The van der Waals surface area contributed by atoms with Gasteiger partial charge in [0.2, 0.25) is 5.91 Å². The van der Waals surface area contributed by atoms with Crippen LogP contribution in [-0.4, -0.2) is 37.7 Å². The lowest BCUT2D eigenvalue weighted by Gasteiger charge is -2.21. The number of aromatic carboxylic acids is 1. The molecule has 0 saturated carbocycles. The maximum atomic E-state index is 12.1. The van der Waals surface area contributed by atoms with Gasteiger partial charge < -0.3 is 20.5 Å². The first-order valence-corrected chi connectivity index (χ1v) is 6.25. The summed E-state index contributed by atoms with van der Waals surface area (Å²) in [7, 11) is 3.13. The summed E-state index contributed by atoms with van der Waals surface area (Å²) in [5.74, 6) is -1.21. The van der Waals surface area contributed by atoms with Gasteiger partial charge in [-0.1, -0.05) is 6.92 Å². The Hall–Kier alpha value is -2.08. The summed E-state index contributed by atoms with van der Waals surface area (Å²) in [6.07, 6.45) is 0.285. The Morgan fingerprint density at radius 2 is 2.10 bits per heavy atom. The van der Waals surface area contributed by atoms with E-state index in [0.29, 0.717) is 18.0 Å². The minimum atomic E-state index is -1.11. The Morgan fingerprint density at radius 1 is 1.45 bits per heavy atom. The van der Waals surface area contributed by atoms with E-state index in [1.165, 1.54) is 17.0 Å². The number of nitrogens with two attached hydrogens (primary N) is 1. The molecule has 0 spiro atoms. The zero-order valence-corrected chi connectivity index (χ0v) is 11.9. The highest BCUT2D eigenvalue weighted by atomic mass is 16.5. The monoisotopic (exact) mass is 280 g/mol. The molecule has 3 N–H and O–H groups in total. The van der Waals surface area contributed by atoms with Crippen LogP contribution in [0.2, 0.25) is 0 Å². The molecule has 1 aromatic rings. The highest BCUT2D eigenvalue weighted by Gasteiger charge is 2.20. The number of hydrogen-bond acceptors (Lipinski definition) is 4. The Morgan fingerprint density at radius 3 is 2.65 bits per heavy atom. The number of hydrogen-bond donors (Lipinski definition) is 2. The second-order valence-electron chi connectivity index (χ2n) is 4.80. The van der Waals surface area contributed by atoms with Crippen molar-refractivity contribution in [2.75, 3.05) is 31.4 Å². The Labute approximate surface area is 118 Å². The van der Waals surface area contributed by atoms with Crippen molar-refractivity contribution in [3.63, 3.8) is 0 Å². The van der Waals surface area contributed by atoms with Crippen molar-refractivity contribution in [3.05, 3.63) is 23.8 Å². The molecule has 0 radical (unpaired) electrons. The van der Waals surface area contributed by atoms with Gasteiger partial charge in [0.25, 0.3) is 0 Å². The third kappa shape index (κ3) is 3.96. The predicted octanol–water partition coefficient (Wildman–Crippen LogP) is 1.60. The van der Waals surface area contributed by atoms with Crippen LogP contribution in [-0.2, 0) is 9.53 Å². The van der Waals surface area contributed by atoms with Crippen molar-refractivity contribution in [3.8, 4) is 0 Å². The van der Waals surface area contributed by atoms with Gasteiger partial charge in [0.1, 0.15) is 0 Å². The summed E-state index contributed by atoms with van der Waals surface area (Å²) in [6, 6.07) is 4.46. The number of carbonyl (C=O) groups is 2. The zero-order valence-electron chi connectivity index (χ0n) is 11.9. The van der Waals surface area contributed by atoms with Gasteiger partial charge in [0.15, 0.2) is 0 Å². The van der Waals surface area contributed by atoms with Crippen molar-refractivity contribution < 1.29 is 19.4 Å². The summed E-state index contributed by atoms with van der Waals surface area (Å²) < 4.78 is 4.99. The average Bonchev–Trinajstić information content (AvgIpc) is 2.37. The molecule has 0 bridgehead atoms. The summed E-state index contributed by atoms with van der Waals surface area (Å²) in [5.41, 5.74) is 6.27. The highest BCUT2D eigenvalue weighted by molar-refractivity contribution is 6.02. The number of ether oxygens (including phenoxy) is 1. The van der Waals surface area contributed by atoms with E-state index in [0.717, 1.165) is 0 Å². The fourth-order valence-electron chi connectivity index (χ4n) is 1.93. The fraction of sp³-hybridized carbons (Fsp3) is 0.429. The van der Waals surface area contributed by atoms with Crippen LogP contribution < -0.4 is 10.6 Å². The van der Waals surface area contributed by atoms with Gasteiger partial charge in [0.05, 0.1) is 11.3 Å². The number of carbonyl (C=O) groups excluding carboxylic acids is 1. The van der Waals surface area contributed by atoms with Crippen LogP contribution in [0.3, 0.4) is 0 Å². The molecule has 6 heteroatoms. The summed E-state index contributed by atoms with van der Waals surface area (Å²) in [6.45, 7) is 2.38. The van der Waals surface area contributed by atoms with Crippen molar-refractivity contribution in [1.29, 1.82) is 0 Å². The lowest BCUT2D eigenvalue weighted by molar-refractivity contribution is -0.119. The van der Waals surface area contributed by atoms with Crippen LogP contribution >= 0.6 is 0 Å². The van der Waals surface area contributed by atoms with Crippen molar-refractivity contribution in [2.45, 2.75) is 13.3 Å². The van der Waals surface area contributed by atoms with Gasteiger partial charge in [-0.05, 0) is 24.1 Å². The molecular weight excluding hydrogens is 260 g/mol. The molecular formula is C14H20N2O4. The van der Waals surface area contributed by atoms with E-state index in [1.54, 1.807) is 20.2 Å². The Kier molecular flexibility index (Phi) is 5.52. The molecule has 0 saturated heterocycles. The molecule has 1 atom stereocenters. The first-order valence-electron chi connectivity index (χ1n) is 6.25. The number of carboxylic acids is 1. The van der Waals surface area contributed by atoms with Crippen LogP contribution in [0.4, 0.5) is 11.4 Å². The van der Waals surface area contributed by atoms with Crippen LogP contribution in [0.15, 0.2) is 18.2 Å². The first kappa shape index (κ1) is 16.0. The molecule has 20 heavy (non-hydrogen) atoms. The van der Waals surface area contributed by atoms with Crippen LogP contribution in [0.25, 0.3) is 0 Å². The van der Waals surface area contributed by atoms with Gasteiger partial charge in [-0.2, -0.15) is 0 Å². The third-order valence-electron chi connectivity index (χ3n) is 2.96. The summed E-state index contributed by atoms with van der Waals surface area (Å²) in [5, 5.41) is 9.17. The quantitative estimate of drug-likeness (QED) is 0.772. The number of anilines is 2. The number of rotatable bonds is 6.